The number of ketones is 1. The van der Waals surface area contributed by atoms with Crippen LogP contribution in [0.15, 0.2) is 36.7 Å². The predicted octanol–water partition coefficient (Wildman–Crippen LogP) is 6.57. The fraction of sp³-hybridized carbons (Fsp3) is 0.484. The average molecular weight is 551 g/mol. The van der Waals surface area contributed by atoms with Crippen LogP contribution in [-0.4, -0.2) is 39.2 Å². The highest BCUT2D eigenvalue weighted by Gasteiger charge is 2.39. The minimum atomic E-state index is -4.70. The van der Waals surface area contributed by atoms with Crippen molar-refractivity contribution in [2.45, 2.75) is 69.9 Å². The maximum absolute atomic E-state index is 14.7. The molecule has 1 saturated heterocycles. The highest BCUT2D eigenvalue weighted by atomic mass is 19.4. The van der Waals surface area contributed by atoms with E-state index >= 15 is 0 Å². The molecule has 0 N–H and O–H groups in total. The number of rotatable bonds is 6. The molecule has 6 nitrogen and oxygen atoms in total. The number of likely N-dealkylation sites (tertiary alicyclic amines) is 1. The molecule has 2 fully saturated rings. The number of hydrogen-bond donors (Lipinski definition) is 0. The number of aromatic nitrogens is 2. The van der Waals surface area contributed by atoms with Gasteiger partial charge in [0.15, 0.2) is 5.78 Å². The third-order valence-electron chi connectivity index (χ3n) is 8.52. The van der Waals surface area contributed by atoms with Crippen LogP contribution < -0.4 is 0 Å². The monoisotopic (exact) mass is 550 g/mol. The number of fused-ring (bicyclic) bond motifs is 1. The van der Waals surface area contributed by atoms with Crippen molar-refractivity contribution in [1.82, 2.24) is 14.5 Å². The maximum Gasteiger partial charge on any atom is 0.417 e. The minimum Gasteiger partial charge on any atom is -0.343 e. The van der Waals surface area contributed by atoms with Gasteiger partial charge in [-0.2, -0.15) is 18.4 Å². The van der Waals surface area contributed by atoms with Crippen LogP contribution in [0.2, 0.25) is 0 Å². The van der Waals surface area contributed by atoms with Crippen LogP contribution in [0, 0.1) is 17.2 Å². The van der Waals surface area contributed by atoms with Gasteiger partial charge in [0, 0.05) is 56.3 Å². The number of nitriles is 1. The molecule has 1 amide bonds. The molecule has 1 aliphatic heterocycles. The molecule has 0 spiro atoms. The number of alkyl halides is 3. The van der Waals surface area contributed by atoms with E-state index in [9.17, 15) is 22.8 Å². The Morgan fingerprint density at radius 1 is 1.10 bits per heavy atom. The Labute approximate surface area is 231 Å². The summed E-state index contributed by atoms with van der Waals surface area (Å²) >= 11 is 0. The summed E-state index contributed by atoms with van der Waals surface area (Å²) in [5.41, 5.74) is 0.238. The number of carbonyl (C=O) groups is 2. The number of aryl methyl sites for hydroxylation is 1. The number of carbonyl (C=O) groups excluding carboxylic acids is 2. The number of benzene rings is 1. The Bertz CT molecular complexity index is 1460. The molecule has 0 atom stereocenters. The summed E-state index contributed by atoms with van der Waals surface area (Å²) in [5, 5.41) is 9.18. The van der Waals surface area contributed by atoms with Gasteiger partial charge in [-0.25, -0.2) is 4.98 Å². The lowest BCUT2D eigenvalue weighted by atomic mass is 9.85. The summed E-state index contributed by atoms with van der Waals surface area (Å²) in [7, 11) is 1.68. The number of piperidine rings is 1. The van der Waals surface area contributed by atoms with E-state index in [0.29, 0.717) is 43.8 Å². The Hall–Kier alpha value is -3.67. The third kappa shape index (κ3) is 5.77. The number of hydrogen-bond acceptors (Lipinski definition) is 4. The van der Waals surface area contributed by atoms with Gasteiger partial charge in [-0.15, -0.1) is 0 Å². The van der Waals surface area contributed by atoms with Crippen LogP contribution in [-0.2, 0) is 24.4 Å². The highest BCUT2D eigenvalue weighted by molar-refractivity contribution is 5.99. The summed E-state index contributed by atoms with van der Waals surface area (Å²) in [6, 6.07) is 7.92. The molecule has 1 aliphatic carbocycles. The molecule has 3 heterocycles. The Morgan fingerprint density at radius 3 is 2.50 bits per heavy atom. The van der Waals surface area contributed by atoms with E-state index < -0.39 is 23.9 Å². The number of halogens is 3. The van der Waals surface area contributed by atoms with Crippen LogP contribution in [0.3, 0.4) is 0 Å². The van der Waals surface area contributed by atoms with Crippen molar-refractivity contribution in [1.29, 1.82) is 5.26 Å². The summed E-state index contributed by atoms with van der Waals surface area (Å²) in [5.74, 6) is -0.0576. The lowest BCUT2D eigenvalue weighted by Crippen LogP contribution is -2.38. The van der Waals surface area contributed by atoms with Gasteiger partial charge in [0.25, 0.3) is 0 Å². The van der Waals surface area contributed by atoms with Gasteiger partial charge in [0.1, 0.15) is 5.65 Å². The first kappa shape index (κ1) is 27.9. The quantitative estimate of drug-likeness (QED) is 0.326. The molecule has 40 heavy (non-hydrogen) atoms. The fourth-order valence-electron chi connectivity index (χ4n) is 6.43. The van der Waals surface area contributed by atoms with E-state index in [1.165, 1.54) is 37.5 Å². The average Bonchev–Trinajstić information content (AvgIpc) is 3.28. The van der Waals surface area contributed by atoms with Crippen molar-refractivity contribution in [2.24, 2.45) is 13.0 Å². The number of amides is 1. The lowest BCUT2D eigenvalue weighted by Gasteiger charge is -2.33. The van der Waals surface area contributed by atoms with Gasteiger partial charge >= 0.3 is 6.18 Å². The minimum absolute atomic E-state index is 0.0399. The van der Waals surface area contributed by atoms with E-state index in [0.717, 1.165) is 19.0 Å². The molecule has 1 saturated carbocycles. The summed E-state index contributed by atoms with van der Waals surface area (Å²) in [6.07, 6.45) is 5.20. The van der Waals surface area contributed by atoms with E-state index in [1.54, 1.807) is 23.9 Å². The van der Waals surface area contributed by atoms with Gasteiger partial charge in [0.05, 0.1) is 17.2 Å². The molecule has 210 valence electrons. The number of Topliss-reactive ketones (excluding diaryl/α,β-unsaturated/α-hetero) is 1. The highest BCUT2D eigenvalue weighted by Crippen LogP contribution is 2.43. The first-order valence-electron chi connectivity index (χ1n) is 14.0. The molecular weight excluding hydrogens is 517 g/mol. The maximum atomic E-state index is 14.7. The van der Waals surface area contributed by atoms with E-state index in [4.69, 9.17) is 5.26 Å². The lowest BCUT2D eigenvalue weighted by molar-refractivity contribution is -0.137. The van der Waals surface area contributed by atoms with Crippen molar-refractivity contribution in [3.8, 4) is 6.07 Å². The van der Waals surface area contributed by atoms with Crippen molar-refractivity contribution in [2.75, 3.05) is 13.1 Å². The molecule has 3 aromatic rings. The summed E-state index contributed by atoms with van der Waals surface area (Å²) in [6.45, 7) is 1.05. The number of nitrogens with zero attached hydrogens (tertiary/aromatic N) is 4. The normalized spacial score (nSPS) is 17.2. The van der Waals surface area contributed by atoms with Crippen LogP contribution in [0.1, 0.15) is 89.9 Å². The zero-order valence-corrected chi connectivity index (χ0v) is 22.6. The fourth-order valence-corrected chi connectivity index (χ4v) is 6.43. The van der Waals surface area contributed by atoms with Gasteiger partial charge < -0.3 is 9.47 Å². The van der Waals surface area contributed by atoms with Crippen LogP contribution >= 0.6 is 0 Å². The molecular formula is C31H33F3N4O2. The molecule has 0 radical (unpaired) electrons. The van der Waals surface area contributed by atoms with Crippen LogP contribution in [0.5, 0.6) is 0 Å². The molecule has 1 aromatic carbocycles. The van der Waals surface area contributed by atoms with Gasteiger partial charge in [0.2, 0.25) is 5.91 Å². The van der Waals surface area contributed by atoms with Crippen molar-refractivity contribution < 1.29 is 22.8 Å². The van der Waals surface area contributed by atoms with Crippen molar-refractivity contribution in [3.05, 3.63) is 64.5 Å². The Balaban J connectivity index is 1.41. The standard InChI is InChI=1S/C31H33F3N4O2/c1-37-19-25(22-10-12-38(13-11-22)27(40)15-20-6-3-2-4-7-20)28-29(31(32,33)34)24(18-36-30(28)37)16-26(39)23-9-5-8-21(14-23)17-35/h5,8-9,14,18-20,22H,2-4,6-7,10-13,15-16H2,1H3. The molecule has 0 unspecified atom stereocenters. The van der Waals surface area contributed by atoms with Crippen molar-refractivity contribution in [3.63, 3.8) is 0 Å². The SMILES string of the molecule is Cn1cc(C2CCN(C(=O)CC3CCCCC3)CC2)c2c(C(F)(F)F)c(CC(=O)c3cccc(C#N)c3)cnc21. The molecule has 0 bridgehead atoms. The molecule has 2 aliphatic rings. The zero-order chi connectivity index (χ0) is 28.4. The van der Waals surface area contributed by atoms with E-state index in [2.05, 4.69) is 4.98 Å². The summed E-state index contributed by atoms with van der Waals surface area (Å²) < 4.78 is 45.6. The molecule has 9 heteroatoms. The molecule has 2 aromatic heterocycles. The Morgan fingerprint density at radius 2 is 1.82 bits per heavy atom. The number of pyridine rings is 1. The Kier molecular flexibility index (Phi) is 7.97. The second-order valence-electron chi connectivity index (χ2n) is 11.2. The summed E-state index contributed by atoms with van der Waals surface area (Å²) in [4.78, 5) is 32.1. The van der Waals surface area contributed by atoms with E-state index in [-0.39, 0.29) is 39.5 Å². The first-order valence-corrected chi connectivity index (χ1v) is 14.0. The van der Waals surface area contributed by atoms with Gasteiger partial charge in [-0.1, -0.05) is 31.4 Å². The third-order valence-corrected chi connectivity index (χ3v) is 8.52. The van der Waals surface area contributed by atoms with Crippen LogP contribution in [0.4, 0.5) is 13.2 Å². The first-order chi connectivity index (χ1) is 19.2. The second kappa shape index (κ2) is 11.4. The zero-order valence-electron chi connectivity index (χ0n) is 22.6. The van der Waals surface area contributed by atoms with Crippen molar-refractivity contribution >= 4 is 22.7 Å². The van der Waals surface area contributed by atoms with Gasteiger partial charge in [-0.05, 0) is 60.8 Å². The largest absolute Gasteiger partial charge is 0.417 e. The molecule has 5 rings (SSSR count). The smallest absolute Gasteiger partial charge is 0.343 e. The van der Waals surface area contributed by atoms with Crippen LogP contribution in [0.25, 0.3) is 11.0 Å². The second-order valence-corrected chi connectivity index (χ2v) is 11.2. The predicted molar refractivity (Wildman–Crippen MR) is 145 cm³/mol. The topological polar surface area (TPSA) is 79.0 Å². The van der Waals surface area contributed by atoms with E-state index in [1.807, 2.05) is 11.0 Å². The van der Waals surface area contributed by atoms with Gasteiger partial charge in [-0.3, -0.25) is 9.59 Å².